The minimum Gasteiger partial charge on any atom is -0.423 e. The van der Waals surface area contributed by atoms with Crippen LogP contribution in [0.1, 0.15) is 18.7 Å². The van der Waals surface area contributed by atoms with Crippen LogP contribution in [0, 0.1) is 0 Å². The first-order valence-corrected chi connectivity index (χ1v) is 6.03. The van der Waals surface area contributed by atoms with E-state index in [1.54, 1.807) is 30.6 Å². The highest BCUT2D eigenvalue weighted by Crippen LogP contribution is 2.06. The Labute approximate surface area is 108 Å². The third-order valence-electron chi connectivity index (χ3n) is 2.86. The van der Waals surface area contributed by atoms with Gasteiger partial charge in [0.25, 0.3) is 5.56 Å². The molecule has 19 heavy (non-hydrogen) atoms. The van der Waals surface area contributed by atoms with Crippen molar-refractivity contribution in [3.05, 3.63) is 52.7 Å². The maximum Gasteiger partial charge on any atom is 0.260 e. The molecule has 0 spiro atoms. The average molecular weight is 256 g/mol. The van der Waals surface area contributed by atoms with Gasteiger partial charge < -0.3 is 8.98 Å². The molecule has 3 aromatic heterocycles. The standard InChI is InChI=1S/C13H12N4O2/c1-2-11-15-16-12(19-11)8-17-7-5-10-9(13(17)18)4-3-6-14-10/h3-7H,2,8H2,1H3. The summed E-state index contributed by atoms with van der Waals surface area (Å²) in [5.74, 6) is 1.01. The second kappa shape index (κ2) is 4.64. The smallest absolute Gasteiger partial charge is 0.260 e. The van der Waals surface area contributed by atoms with Crippen molar-refractivity contribution in [2.24, 2.45) is 0 Å². The maximum atomic E-state index is 12.2. The van der Waals surface area contributed by atoms with E-state index in [0.29, 0.717) is 29.1 Å². The molecule has 3 heterocycles. The number of hydrogen-bond donors (Lipinski definition) is 0. The van der Waals surface area contributed by atoms with Gasteiger partial charge in [0, 0.05) is 18.8 Å². The van der Waals surface area contributed by atoms with E-state index >= 15 is 0 Å². The Morgan fingerprint density at radius 1 is 1.26 bits per heavy atom. The van der Waals surface area contributed by atoms with Gasteiger partial charge in [-0.15, -0.1) is 10.2 Å². The van der Waals surface area contributed by atoms with E-state index in [0.717, 1.165) is 0 Å². The molecule has 96 valence electrons. The monoisotopic (exact) mass is 256 g/mol. The van der Waals surface area contributed by atoms with Crippen LogP contribution in [0.4, 0.5) is 0 Å². The Morgan fingerprint density at radius 3 is 2.89 bits per heavy atom. The van der Waals surface area contributed by atoms with Crippen LogP contribution in [0.15, 0.2) is 39.8 Å². The highest BCUT2D eigenvalue weighted by molar-refractivity contribution is 5.76. The molecule has 3 rings (SSSR count). The minimum atomic E-state index is -0.109. The van der Waals surface area contributed by atoms with Crippen molar-refractivity contribution in [3.63, 3.8) is 0 Å². The van der Waals surface area contributed by atoms with E-state index in [9.17, 15) is 4.79 Å². The van der Waals surface area contributed by atoms with E-state index in [2.05, 4.69) is 15.2 Å². The van der Waals surface area contributed by atoms with E-state index < -0.39 is 0 Å². The molecule has 6 heteroatoms. The molecule has 0 N–H and O–H groups in total. The van der Waals surface area contributed by atoms with Gasteiger partial charge in [0.15, 0.2) is 0 Å². The molecule has 0 bridgehead atoms. The molecule has 3 aromatic rings. The summed E-state index contributed by atoms with van der Waals surface area (Å²) in [4.78, 5) is 16.4. The Kier molecular flexibility index (Phi) is 2.83. The summed E-state index contributed by atoms with van der Waals surface area (Å²) < 4.78 is 6.94. The van der Waals surface area contributed by atoms with E-state index in [1.807, 2.05) is 6.92 Å². The van der Waals surface area contributed by atoms with Gasteiger partial charge in [0.05, 0.1) is 10.9 Å². The zero-order valence-electron chi connectivity index (χ0n) is 10.4. The van der Waals surface area contributed by atoms with E-state index in [-0.39, 0.29) is 12.1 Å². The van der Waals surface area contributed by atoms with Crippen LogP contribution in [0.2, 0.25) is 0 Å². The normalized spacial score (nSPS) is 11.0. The van der Waals surface area contributed by atoms with Crippen LogP contribution in [0.3, 0.4) is 0 Å². The Hall–Kier alpha value is -2.50. The highest BCUT2D eigenvalue weighted by Gasteiger charge is 2.08. The SMILES string of the molecule is CCc1nnc(Cn2ccc3ncccc3c2=O)o1. The predicted molar refractivity (Wildman–Crippen MR) is 68.8 cm³/mol. The number of nitrogens with zero attached hydrogens (tertiary/aromatic N) is 4. The van der Waals surface area contributed by atoms with Crippen LogP contribution in [-0.4, -0.2) is 19.7 Å². The molecular weight excluding hydrogens is 244 g/mol. The highest BCUT2D eigenvalue weighted by atomic mass is 16.4. The number of rotatable bonds is 3. The lowest BCUT2D eigenvalue weighted by Crippen LogP contribution is -2.20. The Bertz CT molecular complexity index is 775. The zero-order valence-corrected chi connectivity index (χ0v) is 10.4. The number of aromatic nitrogens is 4. The summed E-state index contributed by atoms with van der Waals surface area (Å²) in [6.07, 6.45) is 4.04. The predicted octanol–water partition coefficient (Wildman–Crippen LogP) is 1.39. The zero-order chi connectivity index (χ0) is 13.2. The van der Waals surface area contributed by atoms with Gasteiger partial charge in [-0.1, -0.05) is 6.92 Å². The van der Waals surface area contributed by atoms with Crippen LogP contribution >= 0.6 is 0 Å². The van der Waals surface area contributed by atoms with Crippen molar-refractivity contribution >= 4 is 10.9 Å². The average Bonchev–Trinajstić information content (AvgIpc) is 2.90. The van der Waals surface area contributed by atoms with Crippen molar-refractivity contribution in [1.82, 2.24) is 19.7 Å². The molecule has 0 fully saturated rings. The number of fused-ring (bicyclic) bond motifs is 1. The molecule has 0 aliphatic rings. The van der Waals surface area contributed by atoms with Crippen molar-refractivity contribution in [3.8, 4) is 0 Å². The fraction of sp³-hybridized carbons (Fsp3) is 0.231. The Morgan fingerprint density at radius 2 is 2.11 bits per heavy atom. The van der Waals surface area contributed by atoms with Gasteiger partial charge in [-0.3, -0.25) is 9.78 Å². The lowest BCUT2D eigenvalue weighted by molar-refractivity contribution is 0.440. The molecule has 0 amide bonds. The van der Waals surface area contributed by atoms with Crippen LogP contribution in [0.5, 0.6) is 0 Å². The van der Waals surface area contributed by atoms with Crippen LogP contribution in [-0.2, 0) is 13.0 Å². The molecular formula is C13H12N4O2. The van der Waals surface area contributed by atoms with Gasteiger partial charge in [0.2, 0.25) is 11.8 Å². The third-order valence-corrected chi connectivity index (χ3v) is 2.86. The van der Waals surface area contributed by atoms with E-state index in [1.165, 1.54) is 4.57 Å². The second-order valence-electron chi connectivity index (χ2n) is 4.13. The first-order chi connectivity index (χ1) is 9.28. The fourth-order valence-corrected chi connectivity index (χ4v) is 1.88. The molecule has 0 aromatic carbocycles. The van der Waals surface area contributed by atoms with Crippen molar-refractivity contribution in [2.45, 2.75) is 19.9 Å². The molecule has 0 saturated carbocycles. The molecule has 0 radical (unpaired) electrons. The molecule has 0 aliphatic carbocycles. The quantitative estimate of drug-likeness (QED) is 0.708. The van der Waals surface area contributed by atoms with Gasteiger partial charge in [-0.05, 0) is 18.2 Å². The van der Waals surface area contributed by atoms with Crippen molar-refractivity contribution in [2.75, 3.05) is 0 Å². The number of aryl methyl sites for hydroxylation is 1. The van der Waals surface area contributed by atoms with E-state index in [4.69, 9.17) is 4.42 Å². The van der Waals surface area contributed by atoms with Gasteiger partial charge >= 0.3 is 0 Å². The van der Waals surface area contributed by atoms with Crippen LogP contribution in [0.25, 0.3) is 10.9 Å². The molecule has 0 unspecified atom stereocenters. The first kappa shape index (κ1) is 11.6. The topological polar surface area (TPSA) is 73.8 Å². The number of hydrogen-bond acceptors (Lipinski definition) is 5. The largest absolute Gasteiger partial charge is 0.423 e. The van der Waals surface area contributed by atoms with Gasteiger partial charge in [0.1, 0.15) is 6.54 Å². The minimum absolute atomic E-state index is 0.109. The van der Waals surface area contributed by atoms with Crippen molar-refractivity contribution < 1.29 is 4.42 Å². The lowest BCUT2D eigenvalue weighted by Gasteiger charge is -2.03. The Balaban J connectivity index is 2.01. The summed E-state index contributed by atoms with van der Waals surface area (Å²) in [7, 11) is 0. The summed E-state index contributed by atoms with van der Waals surface area (Å²) in [5.41, 5.74) is 0.574. The molecule has 0 aliphatic heterocycles. The van der Waals surface area contributed by atoms with Gasteiger partial charge in [-0.25, -0.2) is 0 Å². The first-order valence-electron chi connectivity index (χ1n) is 6.03. The second-order valence-corrected chi connectivity index (χ2v) is 4.13. The summed E-state index contributed by atoms with van der Waals surface area (Å²) in [5, 5.41) is 8.37. The molecule has 6 nitrogen and oxygen atoms in total. The molecule has 0 saturated heterocycles. The maximum absolute atomic E-state index is 12.2. The molecule has 0 atom stereocenters. The summed E-state index contributed by atoms with van der Waals surface area (Å²) >= 11 is 0. The lowest BCUT2D eigenvalue weighted by atomic mass is 10.2. The van der Waals surface area contributed by atoms with Crippen LogP contribution < -0.4 is 5.56 Å². The summed E-state index contributed by atoms with van der Waals surface area (Å²) in [6.45, 7) is 2.21. The van der Waals surface area contributed by atoms with Gasteiger partial charge in [-0.2, -0.15) is 0 Å². The summed E-state index contributed by atoms with van der Waals surface area (Å²) in [6, 6.07) is 5.30. The third kappa shape index (κ3) is 2.12. The number of pyridine rings is 2. The fourth-order valence-electron chi connectivity index (χ4n) is 1.88. The van der Waals surface area contributed by atoms with Crippen molar-refractivity contribution in [1.29, 1.82) is 0 Å².